The Kier molecular flexibility index (Phi) is 2.65. The third-order valence-corrected chi connectivity index (χ3v) is 2.78. The van der Waals surface area contributed by atoms with E-state index < -0.39 is 0 Å². The van der Waals surface area contributed by atoms with Crippen molar-refractivity contribution in [3.8, 4) is 0 Å². The van der Waals surface area contributed by atoms with Crippen molar-refractivity contribution in [2.24, 2.45) is 0 Å². The molecule has 0 unspecified atom stereocenters. The maximum absolute atomic E-state index is 11.7. The van der Waals surface area contributed by atoms with Gasteiger partial charge in [-0.25, -0.2) is 0 Å². The van der Waals surface area contributed by atoms with Gasteiger partial charge < -0.3 is 0 Å². The number of para-hydroxylation sites is 1. The highest BCUT2D eigenvalue weighted by atomic mass is 16.1. The molecule has 2 rings (SSSR count). The SMILES string of the molecule is C=CC(=O)n1cc(C(C)C)c2ccccc21. The fourth-order valence-corrected chi connectivity index (χ4v) is 1.95. The van der Waals surface area contributed by atoms with E-state index in [4.69, 9.17) is 0 Å². The Labute approximate surface area is 95.2 Å². The summed E-state index contributed by atoms with van der Waals surface area (Å²) in [6.07, 6.45) is 3.26. The van der Waals surface area contributed by atoms with E-state index in [0.717, 1.165) is 10.9 Å². The van der Waals surface area contributed by atoms with Gasteiger partial charge in [0.1, 0.15) is 0 Å². The van der Waals surface area contributed by atoms with Crippen LogP contribution in [0.4, 0.5) is 0 Å². The van der Waals surface area contributed by atoms with E-state index in [1.54, 1.807) is 4.57 Å². The minimum atomic E-state index is -0.0805. The first-order valence-corrected chi connectivity index (χ1v) is 5.42. The Morgan fingerprint density at radius 1 is 1.38 bits per heavy atom. The number of nitrogens with zero attached hydrogens (tertiary/aromatic N) is 1. The van der Waals surface area contributed by atoms with Crippen LogP contribution in [0.25, 0.3) is 10.9 Å². The molecule has 1 aromatic carbocycles. The van der Waals surface area contributed by atoms with Crippen molar-refractivity contribution >= 4 is 16.8 Å². The summed E-state index contributed by atoms with van der Waals surface area (Å²) in [7, 11) is 0. The molecular formula is C14H15NO. The molecular weight excluding hydrogens is 198 g/mol. The van der Waals surface area contributed by atoms with Gasteiger partial charge in [0.15, 0.2) is 0 Å². The summed E-state index contributed by atoms with van der Waals surface area (Å²) in [6, 6.07) is 7.95. The van der Waals surface area contributed by atoms with Crippen molar-refractivity contribution in [1.29, 1.82) is 0 Å². The van der Waals surface area contributed by atoms with Crippen LogP contribution in [0.5, 0.6) is 0 Å². The molecule has 0 aliphatic heterocycles. The number of aromatic nitrogens is 1. The third kappa shape index (κ3) is 1.56. The van der Waals surface area contributed by atoms with Crippen molar-refractivity contribution < 1.29 is 4.79 Å². The lowest BCUT2D eigenvalue weighted by molar-refractivity contribution is 0.0974. The molecule has 1 heterocycles. The molecule has 2 nitrogen and oxygen atoms in total. The minimum Gasteiger partial charge on any atom is -0.283 e. The quantitative estimate of drug-likeness (QED) is 0.699. The van der Waals surface area contributed by atoms with Gasteiger partial charge in [-0.1, -0.05) is 38.6 Å². The fourth-order valence-electron chi connectivity index (χ4n) is 1.95. The highest BCUT2D eigenvalue weighted by Gasteiger charge is 2.12. The summed E-state index contributed by atoms with van der Waals surface area (Å²) in [6.45, 7) is 7.79. The van der Waals surface area contributed by atoms with Crippen molar-refractivity contribution in [1.82, 2.24) is 4.57 Å². The Balaban J connectivity index is 2.76. The van der Waals surface area contributed by atoms with Crippen LogP contribution in [-0.2, 0) is 0 Å². The fraction of sp³-hybridized carbons (Fsp3) is 0.214. The van der Waals surface area contributed by atoms with Crippen LogP contribution in [0.3, 0.4) is 0 Å². The molecule has 82 valence electrons. The van der Waals surface area contributed by atoms with Crippen LogP contribution in [0, 0.1) is 0 Å². The van der Waals surface area contributed by atoms with Gasteiger partial charge in [0.25, 0.3) is 5.91 Å². The normalized spacial score (nSPS) is 10.9. The summed E-state index contributed by atoms with van der Waals surface area (Å²) < 4.78 is 1.66. The van der Waals surface area contributed by atoms with Crippen LogP contribution in [0.15, 0.2) is 43.1 Å². The van der Waals surface area contributed by atoms with Crippen molar-refractivity contribution in [3.05, 3.63) is 48.7 Å². The van der Waals surface area contributed by atoms with Crippen molar-refractivity contribution in [2.45, 2.75) is 19.8 Å². The molecule has 16 heavy (non-hydrogen) atoms. The first-order valence-electron chi connectivity index (χ1n) is 5.42. The summed E-state index contributed by atoms with van der Waals surface area (Å²) >= 11 is 0. The molecule has 1 aromatic heterocycles. The average Bonchev–Trinajstić information content (AvgIpc) is 2.67. The molecule has 0 aliphatic rings. The molecule has 0 saturated carbocycles. The maximum atomic E-state index is 11.7. The van der Waals surface area contributed by atoms with E-state index in [1.165, 1.54) is 11.6 Å². The Bertz CT molecular complexity index is 549. The molecule has 0 saturated heterocycles. The van der Waals surface area contributed by atoms with Crippen molar-refractivity contribution in [2.75, 3.05) is 0 Å². The third-order valence-electron chi connectivity index (χ3n) is 2.78. The predicted molar refractivity (Wildman–Crippen MR) is 66.9 cm³/mol. The first kappa shape index (κ1) is 10.7. The van der Waals surface area contributed by atoms with Gasteiger partial charge in [-0.3, -0.25) is 9.36 Å². The van der Waals surface area contributed by atoms with Gasteiger partial charge in [-0.15, -0.1) is 0 Å². The molecule has 2 aromatic rings. The van der Waals surface area contributed by atoms with Crippen LogP contribution in [0.2, 0.25) is 0 Å². The zero-order valence-corrected chi connectivity index (χ0v) is 9.60. The van der Waals surface area contributed by atoms with Gasteiger partial charge in [0.2, 0.25) is 0 Å². The second kappa shape index (κ2) is 3.97. The summed E-state index contributed by atoms with van der Waals surface area (Å²) in [5.41, 5.74) is 2.15. The molecule has 2 heteroatoms. The number of benzene rings is 1. The average molecular weight is 213 g/mol. The molecule has 0 bridgehead atoms. The predicted octanol–water partition coefficient (Wildman–Crippen LogP) is 3.59. The van der Waals surface area contributed by atoms with E-state index in [1.807, 2.05) is 24.4 Å². The number of hydrogen-bond donors (Lipinski definition) is 0. The van der Waals surface area contributed by atoms with Gasteiger partial charge in [-0.2, -0.15) is 0 Å². The molecule has 0 atom stereocenters. The molecule has 0 radical (unpaired) electrons. The summed E-state index contributed by atoms with van der Waals surface area (Å²) in [5, 5.41) is 1.15. The smallest absolute Gasteiger partial charge is 0.254 e. The van der Waals surface area contributed by atoms with Gasteiger partial charge in [0.05, 0.1) is 5.52 Å². The lowest BCUT2D eigenvalue weighted by Crippen LogP contribution is -2.04. The Hall–Kier alpha value is -1.83. The standard InChI is InChI=1S/C14H15NO/c1-4-14(16)15-9-12(10(2)3)11-7-5-6-8-13(11)15/h4-10H,1H2,2-3H3. The zero-order chi connectivity index (χ0) is 11.7. The van der Waals surface area contributed by atoms with E-state index in [9.17, 15) is 4.79 Å². The summed E-state index contributed by atoms with van der Waals surface area (Å²) in [4.78, 5) is 11.7. The number of carbonyl (C=O) groups excluding carboxylic acids is 1. The van der Waals surface area contributed by atoms with Gasteiger partial charge in [-0.05, 0) is 23.6 Å². The Morgan fingerprint density at radius 3 is 2.69 bits per heavy atom. The number of fused-ring (bicyclic) bond motifs is 1. The van der Waals surface area contributed by atoms with Crippen LogP contribution in [0.1, 0.15) is 30.1 Å². The van der Waals surface area contributed by atoms with Crippen LogP contribution >= 0.6 is 0 Å². The van der Waals surface area contributed by atoms with E-state index in [0.29, 0.717) is 5.92 Å². The van der Waals surface area contributed by atoms with Crippen LogP contribution < -0.4 is 0 Å². The van der Waals surface area contributed by atoms with Crippen LogP contribution in [-0.4, -0.2) is 10.5 Å². The number of hydrogen-bond acceptors (Lipinski definition) is 1. The van der Waals surface area contributed by atoms with Gasteiger partial charge >= 0.3 is 0 Å². The zero-order valence-electron chi connectivity index (χ0n) is 9.60. The second-order valence-corrected chi connectivity index (χ2v) is 4.17. The monoisotopic (exact) mass is 213 g/mol. The lowest BCUT2D eigenvalue weighted by Gasteiger charge is -2.00. The van der Waals surface area contributed by atoms with E-state index >= 15 is 0 Å². The molecule has 0 amide bonds. The van der Waals surface area contributed by atoms with E-state index in [-0.39, 0.29) is 5.91 Å². The molecule has 0 fully saturated rings. The van der Waals surface area contributed by atoms with Gasteiger partial charge in [0, 0.05) is 11.6 Å². The topological polar surface area (TPSA) is 22.0 Å². The lowest BCUT2D eigenvalue weighted by atomic mass is 10.0. The van der Waals surface area contributed by atoms with Crippen molar-refractivity contribution in [3.63, 3.8) is 0 Å². The highest BCUT2D eigenvalue weighted by molar-refractivity contribution is 5.99. The minimum absolute atomic E-state index is 0.0805. The van der Waals surface area contributed by atoms with E-state index in [2.05, 4.69) is 26.5 Å². The molecule has 0 spiro atoms. The largest absolute Gasteiger partial charge is 0.283 e. The Morgan fingerprint density at radius 2 is 2.06 bits per heavy atom. The summed E-state index contributed by atoms with van der Waals surface area (Å²) in [5.74, 6) is 0.326. The highest BCUT2D eigenvalue weighted by Crippen LogP contribution is 2.27. The maximum Gasteiger partial charge on any atom is 0.254 e. The number of allylic oxidation sites excluding steroid dienone is 1. The first-order chi connectivity index (χ1) is 7.65. The molecule has 0 N–H and O–H groups in total. The number of carbonyl (C=O) groups is 1. The molecule has 0 aliphatic carbocycles. The number of rotatable bonds is 2. The second-order valence-electron chi connectivity index (χ2n) is 4.17.